The van der Waals surface area contributed by atoms with Gasteiger partial charge in [0, 0.05) is 44.3 Å². The summed E-state index contributed by atoms with van der Waals surface area (Å²) in [5.74, 6) is -0.0950. The summed E-state index contributed by atoms with van der Waals surface area (Å²) < 4.78 is 31.1. The van der Waals surface area contributed by atoms with Crippen LogP contribution < -0.4 is 9.64 Å². The molecule has 0 saturated carbocycles. The molecule has 3 saturated heterocycles. The summed E-state index contributed by atoms with van der Waals surface area (Å²) >= 11 is 0. The van der Waals surface area contributed by atoms with Gasteiger partial charge in [-0.05, 0) is 76.8 Å². The summed E-state index contributed by atoms with van der Waals surface area (Å²) in [7, 11) is 0. The Labute approximate surface area is 270 Å². The second-order valence-corrected chi connectivity index (χ2v) is 14.2. The Bertz CT molecular complexity index is 1430. The molecule has 0 spiro atoms. The Hall–Kier alpha value is -3.32. The van der Waals surface area contributed by atoms with E-state index in [2.05, 4.69) is 14.8 Å². The average molecular weight is 640 g/mol. The lowest BCUT2D eigenvalue weighted by atomic mass is 10.0. The molecule has 1 aromatic heterocycles. The largest absolute Gasteiger partial charge is 0.474 e. The third-order valence-electron chi connectivity index (χ3n) is 9.41. The van der Waals surface area contributed by atoms with Crippen molar-refractivity contribution in [3.63, 3.8) is 0 Å². The molecule has 6 rings (SSSR count). The Morgan fingerprint density at radius 3 is 2.48 bits per heavy atom. The number of morpholine rings is 1. The standard InChI is InChI=1S/C34H46FN5O6/c1-21-13-37(27(14-38-16-28-12-26(38)20-44-28)15-39(21)33(43)46-34(3,4)5)17-31(42)40-22(2)19-45-32-30(40)11-24(29(18-41)36-32)10-23-6-8-25(35)9-7-23/h6-9,11,21-22,26-28,41H,10,12-20H2,1-5H3/t21-,22+,26+,27+,28+/m1/s1. The van der Waals surface area contributed by atoms with E-state index in [-0.39, 0.29) is 61.8 Å². The van der Waals surface area contributed by atoms with Crippen LogP contribution in [0.15, 0.2) is 30.3 Å². The van der Waals surface area contributed by atoms with Crippen molar-refractivity contribution >= 4 is 17.7 Å². The van der Waals surface area contributed by atoms with Crippen molar-refractivity contribution in [1.82, 2.24) is 19.7 Å². The molecule has 12 heteroatoms. The second-order valence-electron chi connectivity index (χ2n) is 14.2. The summed E-state index contributed by atoms with van der Waals surface area (Å²) in [5, 5.41) is 10.1. The summed E-state index contributed by atoms with van der Waals surface area (Å²) in [6, 6.07) is 7.96. The van der Waals surface area contributed by atoms with Crippen molar-refractivity contribution in [3.05, 3.63) is 53.0 Å². The lowest BCUT2D eigenvalue weighted by Crippen LogP contribution is -2.64. The molecule has 4 aliphatic rings. The van der Waals surface area contributed by atoms with Crippen LogP contribution in [0.2, 0.25) is 0 Å². The van der Waals surface area contributed by atoms with Crippen LogP contribution in [0.3, 0.4) is 0 Å². The number of pyridine rings is 1. The predicted octanol–water partition coefficient (Wildman–Crippen LogP) is 3.20. The first-order valence-electron chi connectivity index (χ1n) is 16.3. The first kappa shape index (κ1) is 32.6. The highest BCUT2D eigenvalue weighted by molar-refractivity contribution is 5.97. The number of anilines is 1. The topological polar surface area (TPSA) is 108 Å². The first-order chi connectivity index (χ1) is 21.9. The summed E-state index contributed by atoms with van der Waals surface area (Å²) in [6.45, 7) is 13.0. The SMILES string of the molecule is C[C@@H]1CN(CC(=O)N2c3cc(Cc4ccc(F)cc4)c(CO)nc3OC[C@@H]2C)[C@@H](CN2C[C@@H]3C[C@H]2CO3)CN1C(=O)OC(C)(C)C. The average Bonchev–Trinajstić information content (AvgIpc) is 3.62. The number of fused-ring (bicyclic) bond motifs is 3. The van der Waals surface area contributed by atoms with Crippen LogP contribution in [0.25, 0.3) is 0 Å². The number of hydrogen-bond acceptors (Lipinski definition) is 9. The van der Waals surface area contributed by atoms with Crippen LogP contribution in [0.4, 0.5) is 14.9 Å². The van der Waals surface area contributed by atoms with Crippen LogP contribution in [0, 0.1) is 5.82 Å². The molecule has 5 heterocycles. The first-order valence-corrected chi connectivity index (χ1v) is 16.3. The molecule has 11 nitrogen and oxygen atoms in total. The Balaban J connectivity index is 1.24. The highest BCUT2D eigenvalue weighted by Gasteiger charge is 2.44. The number of aliphatic hydroxyl groups is 1. The zero-order valence-electron chi connectivity index (χ0n) is 27.4. The van der Waals surface area contributed by atoms with Crippen molar-refractivity contribution in [1.29, 1.82) is 0 Å². The van der Waals surface area contributed by atoms with Gasteiger partial charge in [0.05, 0.1) is 37.6 Å². The quantitative estimate of drug-likeness (QED) is 0.489. The van der Waals surface area contributed by atoms with Gasteiger partial charge in [0.15, 0.2) is 0 Å². The molecular formula is C34H46FN5O6. The number of benzene rings is 1. The van der Waals surface area contributed by atoms with Gasteiger partial charge in [0.25, 0.3) is 0 Å². The molecule has 46 heavy (non-hydrogen) atoms. The van der Waals surface area contributed by atoms with Gasteiger partial charge in [0.2, 0.25) is 11.8 Å². The molecule has 250 valence electrons. The van der Waals surface area contributed by atoms with E-state index in [9.17, 15) is 19.1 Å². The number of carbonyl (C=O) groups excluding carboxylic acids is 2. The van der Waals surface area contributed by atoms with Gasteiger partial charge in [-0.25, -0.2) is 14.2 Å². The number of rotatable bonds is 7. The van der Waals surface area contributed by atoms with Gasteiger partial charge in [-0.1, -0.05) is 12.1 Å². The molecule has 2 aromatic rings. The van der Waals surface area contributed by atoms with Crippen molar-refractivity contribution in [2.45, 2.75) is 89.9 Å². The van der Waals surface area contributed by atoms with Gasteiger partial charge in [0.1, 0.15) is 23.7 Å². The number of amides is 2. The normalized spacial score (nSPS) is 26.6. The zero-order chi connectivity index (χ0) is 32.7. The molecule has 0 unspecified atom stereocenters. The maximum absolute atomic E-state index is 14.3. The molecule has 2 amide bonds. The Morgan fingerprint density at radius 1 is 1.07 bits per heavy atom. The molecular weight excluding hydrogens is 593 g/mol. The highest BCUT2D eigenvalue weighted by Crippen LogP contribution is 2.36. The minimum absolute atomic E-state index is 0.0771. The predicted molar refractivity (Wildman–Crippen MR) is 169 cm³/mol. The van der Waals surface area contributed by atoms with Gasteiger partial charge < -0.3 is 29.1 Å². The number of likely N-dealkylation sites (tertiary alicyclic amines) is 1. The molecule has 1 aromatic carbocycles. The van der Waals surface area contributed by atoms with E-state index in [1.165, 1.54) is 12.1 Å². The van der Waals surface area contributed by atoms with Gasteiger partial charge in [-0.3, -0.25) is 14.6 Å². The smallest absolute Gasteiger partial charge is 0.410 e. The van der Waals surface area contributed by atoms with Gasteiger partial charge in [-0.15, -0.1) is 0 Å². The fourth-order valence-electron chi connectivity index (χ4n) is 7.12. The van der Waals surface area contributed by atoms with Crippen molar-refractivity contribution in [3.8, 4) is 5.88 Å². The molecule has 4 aliphatic heterocycles. The molecule has 5 atom stereocenters. The summed E-state index contributed by atoms with van der Waals surface area (Å²) in [5.41, 5.74) is 2.02. The van der Waals surface area contributed by atoms with Crippen LogP contribution in [-0.4, -0.2) is 119 Å². The van der Waals surface area contributed by atoms with Gasteiger partial charge >= 0.3 is 6.09 Å². The number of carbonyl (C=O) groups is 2. The van der Waals surface area contributed by atoms with Crippen LogP contribution in [0.5, 0.6) is 5.88 Å². The van der Waals surface area contributed by atoms with E-state index in [0.29, 0.717) is 49.4 Å². The highest BCUT2D eigenvalue weighted by atomic mass is 19.1. The van der Waals surface area contributed by atoms with E-state index in [4.69, 9.17) is 14.2 Å². The van der Waals surface area contributed by atoms with E-state index >= 15 is 0 Å². The molecule has 0 aliphatic carbocycles. The van der Waals surface area contributed by atoms with E-state index in [1.807, 2.05) is 40.7 Å². The van der Waals surface area contributed by atoms with E-state index in [0.717, 1.165) is 30.6 Å². The van der Waals surface area contributed by atoms with Crippen molar-refractivity contribution in [2.24, 2.45) is 0 Å². The number of ether oxygens (including phenoxy) is 3. The van der Waals surface area contributed by atoms with Crippen molar-refractivity contribution < 1.29 is 33.3 Å². The number of piperazine rings is 1. The molecule has 2 bridgehead atoms. The Kier molecular flexibility index (Phi) is 9.26. The molecule has 3 fully saturated rings. The molecule has 1 N–H and O–H groups in total. The fraction of sp³-hybridized carbons (Fsp3) is 0.618. The summed E-state index contributed by atoms with van der Waals surface area (Å²) in [4.78, 5) is 40.3. The Morgan fingerprint density at radius 2 is 1.83 bits per heavy atom. The zero-order valence-corrected chi connectivity index (χ0v) is 27.4. The maximum Gasteiger partial charge on any atom is 0.410 e. The number of halogens is 1. The lowest BCUT2D eigenvalue weighted by molar-refractivity contribution is -0.122. The number of nitrogens with zero attached hydrogens (tertiary/aromatic N) is 5. The van der Waals surface area contributed by atoms with Crippen LogP contribution >= 0.6 is 0 Å². The molecule has 0 radical (unpaired) electrons. The monoisotopic (exact) mass is 639 g/mol. The number of aliphatic hydroxyl groups excluding tert-OH is 1. The minimum atomic E-state index is -0.607. The third-order valence-corrected chi connectivity index (χ3v) is 9.41. The number of aromatic nitrogens is 1. The lowest BCUT2D eigenvalue weighted by Gasteiger charge is -2.47. The van der Waals surface area contributed by atoms with Crippen LogP contribution in [0.1, 0.15) is 57.9 Å². The van der Waals surface area contributed by atoms with E-state index < -0.39 is 5.60 Å². The van der Waals surface area contributed by atoms with E-state index in [1.54, 1.807) is 21.9 Å². The van der Waals surface area contributed by atoms with Crippen molar-refractivity contribution in [2.75, 3.05) is 50.8 Å². The summed E-state index contributed by atoms with van der Waals surface area (Å²) in [6.07, 6.45) is 1.34. The van der Waals surface area contributed by atoms with Gasteiger partial charge in [-0.2, -0.15) is 0 Å². The fourth-order valence-corrected chi connectivity index (χ4v) is 7.12. The minimum Gasteiger partial charge on any atom is -0.474 e. The number of hydrogen-bond donors (Lipinski definition) is 1. The maximum atomic E-state index is 14.3. The third kappa shape index (κ3) is 7.00. The van der Waals surface area contributed by atoms with Crippen LogP contribution in [-0.2, 0) is 27.3 Å². The second kappa shape index (κ2) is 13.1.